The van der Waals surface area contributed by atoms with Crippen LogP contribution in [0.15, 0.2) is 90.9 Å². The summed E-state index contributed by atoms with van der Waals surface area (Å²) < 4.78 is 28.2. The van der Waals surface area contributed by atoms with Gasteiger partial charge in [0.1, 0.15) is 0 Å². The first kappa shape index (κ1) is 28.5. The summed E-state index contributed by atoms with van der Waals surface area (Å²) in [6.45, 7) is 2.57. The van der Waals surface area contributed by atoms with Gasteiger partial charge in [0, 0.05) is 18.9 Å². The van der Waals surface area contributed by atoms with Gasteiger partial charge in [-0.05, 0) is 67.1 Å². The summed E-state index contributed by atoms with van der Waals surface area (Å²) in [7, 11) is -3.84. The first-order chi connectivity index (χ1) is 18.9. The molecule has 1 fully saturated rings. The van der Waals surface area contributed by atoms with Crippen molar-refractivity contribution in [3.8, 4) is 0 Å². The van der Waals surface area contributed by atoms with Crippen molar-refractivity contribution >= 4 is 22.1 Å². The number of hydrogen-bond donors (Lipinski definition) is 1. The molecule has 39 heavy (non-hydrogen) atoms. The van der Waals surface area contributed by atoms with Gasteiger partial charge in [-0.3, -0.25) is 14.7 Å². The SMILES string of the molecule is CS(=O)(=O)O/C(=C/c1cccnc1)C(=O)NCCCCC1CCN(C(c2ccccc2)c2ccccc2)CC1. The number of nitrogens with zero attached hydrogens (tertiary/aromatic N) is 2. The summed E-state index contributed by atoms with van der Waals surface area (Å²) >= 11 is 0. The molecule has 206 valence electrons. The Kier molecular flexibility index (Phi) is 10.3. The van der Waals surface area contributed by atoms with E-state index in [1.54, 1.807) is 18.3 Å². The maximum atomic E-state index is 12.6. The second-order valence-corrected chi connectivity index (χ2v) is 11.6. The fourth-order valence-corrected chi connectivity index (χ4v) is 5.58. The molecule has 2 heterocycles. The van der Waals surface area contributed by atoms with Crippen LogP contribution >= 0.6 is 0 Å². The largest absolute Gasteiger partial charge is 0.377 e. The molecule has 1 N–H and O–H groups in total. The summed E-state index contributed by atoms with van der Waals surface area (Å²) in [5.74, 6) is -0.145. The van der Waals surface area contributed by atoms with E-state index in [1.807, 2.05) is 0 Å². The van der Waals surface area contributed by atoms with E-state index in [1.165, 1.54) is 23.4 Å². The topological polar surface area (TPSA) is 88.6 Å². The highest BCUT2D eigenvalue weighted by molar-refractivity contribution is 7.86. The predicted octanol–water partition coefficient (Wildman–Crippen LogP) is 5.19. The normalized spacial score (nSPS) is 15.3. The molecule has 0 unspecified atom stereocenters. The lowest BCUT2D eigenvalue weighted by atomic mass is 9.88. The van der Waals surface area contributed by atoms with Crippen LogP contribution in [0.3, 0.4) is 0 Å². The molecule has 3 aromatic rings. The van der Waals surface area contributed by atoms with Gasteiger partial charge in [0.2, 0.25) is 5.76 Å². The highest BCUT2D eigenvalue weighted by atomic mass is 32.2. The van der Waals surface area contributed by atoms with Crippen molar-refractivity contribution in [1.82, 2.24) is 15.2 Å². The maximum absolute atomic E-state index is 12.6. The molecule has 2 aromatic carbocycles. The fourth-order valence-electron chi connectivity index (χ4n) is 5.13. The molecule has 1 aliphatic rings. The van der Waals surface area contributed by atoms with E-state index in [0.717, 1.165) is 51.4 Å². The van der Waals surface area contributed by atoms with Gasteiger partial charge in [-0.15, -0.1) is 0 Å². The number of likely N-dealkylation sites (tertiary alicyclic amines) is 1. The molecule has 1 aliphatic heterocycles. The van der Waals surface area contributed by atoms with Crippen molar-refractivity contribution in [3.05, 3.63) is 108 Å². The molecule has 4 rings (SSSR count). The predicted molar refractivity (Wildman–Crippen MR) is 154 cm³/mol. The molecule has 7 nitrogen and oxygen atoms in total. The lowest BCUT2D eigenvalue weighted by molar-refractivity contribution is -0.119. The van der Waals surface area contributed by atoms with Crippen molar-refractivity contribution in [2.75, 3.05) is 25.9 Å². The van der Waals surface area contributed by atoms with E-state index in [0.29, 0.717) is 18.0 Å². The molecule has 0 radical (unpaired) electrons. The Morgan fingerprint density at radius 1 is 1.00 bits per heavy atom. The number of nitrogens with one attached hydrogen (secondary N) is 1. The summed E-state index contributed by atoms with van der Waals surface area (Å²) in [5, 5.41) is 2.80. The quantitative estimate of drug-likeness (QED) is 0.145. The van der Waals surface area contributed by atoms with E-state index >= 15 is 0 Å². The molecule has 0 saturated carbocycles. The Labute approximate surface area is 232 Å². The molecular formula is C31H37N3O4S. The molecule has 0 bridgehead atoms. The van der Waals surface area contributed by atoms with Crippen LogP contribution in [0.2, 0.25) is 0 Å². The summed E-state index contributed by atoms with van der Waals surface area (Å²) in [6, 6.07) is 25.2. The molecule has 8 heteroatoms. The Hall–Kier alpha value is -3.49. The number of pyridine rings is 1. The van der Waals surface area contributed by atoms with Crippen LogP contribution in [-0.4, -0.2) is 50.1 Å². The van der Waals surface area contributed by atoms with Gasteiger partial charge in [0.05, 0.1) is 12.3 Å². The summed E-state index contributed by atoms with van der Waals surface area (Å²) in [5.41, 5.74) is 3.24. The number of benzene rings is 2. The number of amides is 1. The first-order valence-electron chi connectivity index (χ1n) is 13.5. The monoisotopic (exact) mass is 547 g/mol. The van der Waals surface area contributed by atoms with Crippen LogP contribution < -0.4 is 5.32 Å². The van der Waals surface area contributed by atoms with Gasteiger partial charge in [-0.2, -0.15) is 8.42 Å². The average Bonchev–Trinajstić information content (AvgIpc) is 2.94. The number of aromatic nitrogens is 1. The van der Waals surface area contributed by atoms with Crippen LogP contribution in [0, 0.1) is 5.92 Å². The van der Waals surface area contributed by atoms with Crippen LogP contribution in [-0.2, 0) is 19.1 Å². The number of carbonyl (C=O) groups is 1. The molecule has 0 spiro atoms. The highest BCUT2D eigenvalue weighted by Crippen LogP contribution is 2.33. The number of rotatable bonds is 12. The Balaban J connectivity index is 1.23. The highest BCUT2D eigenvalue weighted by Gasteiger charge is 2.27. The second-order valence-electron chi connectivity index (χ2n) is 10.0. The van der Waals surface area contributed by atoms with Gasteiger partial charge >= 0.3 is 10.1 Å². The van der Waals surface area contributed by atoms with Gasteiger partial charge < -0.3 is 9.50 Å². The van der Waals surface area contributed by atoms with Crippen molar-refractivity contribution in [2.45, 2.75) is 38.1 Å². The lowest BCUT2D eigenvalue weighted by Crippen LogP contribution is -2.37. The van der Waals surface area contributed by atoms with E-state index in [2.05, 4.69) is 75.9 Å². The number of hydrogen-bond acceptors (Lipinski definition) is 6. The molecule has 1 aromatic heterocycles. The zero-order valence-electron chi connectivity index (χ0n) is 22.4. The van der Waals surface area contributed by atoms with E-state index in [9.17, 15) is 13.2 Å². The Bertz CT molecular complexity index is 1270. The Morgan fingerprint density at radius 2 is 1.64 bits per heavy atom. The van der Waals surface area contributed by atoms with Crippen molar-refractivity contribution in [1.29, 1.82) is 0 Å². The van der Waals surface area contributed by atoms with Crippen molar-refractivity contribution in [2.24, 2.45) is 5.92 Å². The fraction of sp³-hybridized carbons (Fsp3) is 0.355. The summed E-state index contributed by atoms with van der Waals surface area (Å²) in [6.07, 6.45) is 10.7. The molecule has 1 saturated heterocycles. The smallest absolute Gasteiger partial charge is 0.306 e. The third-order valence-corrected chi connectivity index (χ3v) is 7.50. The van der Waals surface area contributed by atoms with Crippen LogP contribution in [0.1, 0.15) is 54.8 Å². The minimum absolute atomic E-state index is 0.260. The number of unbranched alkanes of at least 4 members (excludes halogenated alkanes) is 1. The molecular weight excluding hydrogens is 510 g/mol. The number of carbonyl (C=O) groups excluding carboxylic acids is 1. The van der Waals surface area contributed by atoms with Gasteiger partial charge in [0.25, 0.3) is 5.91 Å². The van der Waals surface area contributed by atoms with Gasteiger partial charge in [-0.25, -0.2) is 0 Å². The van der Waals surface area contributed by atoms with Crippen LogP contribution in [0.5, 0.6) is 0 Å². The molecule has 1 amide bonds. The minimum Gasteiger partial charge on any atom is -0.377 e. The zero-order valence-corrected chi connectivity index (χ0v) is 23.2. The third-order valence-electron chi connectivity index (χ3n) is 7.02. The molecule has 0 atom stereocenters. The minimum atomic E-state index is -3.84. The van der Waals surface area contributed by atoms with Gasteiger partial charge in [-0.1, -0.05) is 79.6 Å². The lowest BCUT2D eigenvalue weighted by Gasteiger charge is -2.38. The second kappa shape index (κ2) is 14.1. The van der Waals surface area contributed by atoms with Gasteiger partial charge in [0.15, 0.2) is 0 Å². The molecule has 0 aliphatic carbocycles. The standard InChI is InChI=1S/C31H37N3O4S/c1-39(36,37)38-29(23-26-12-10-19-32-24-26)31(35)33-20-9-8-11-25-17-21-34(22-18-25)30(27-13-4-2-5-14-27)28-15-6-3-7-16-28/h2-7,10,12-16,19,23-25,30H,8-9,11,17-18,20-22H2,1H3,(H,33,35)/b29-23+. The number of piperidine rings is 1. The van der Waals surface area contributed by atoms with Crippen molar-refractivity contribution in [3.63, 3.8) is 0 Å². The zero-order chi connectivity index (χ0) is 27.5. The van der Waals surface area contributed by atoms with E-state index in [-0.39, 0.29) is 11.8 Å². The van der Waals surface area contributed by atoms with Crippen molar-refractivity contribution < 1.29 is 17.4 Å². The third kappa shape index (κ3) is 9.04. The first-order valence-corrected chi connectivity index (χ1v) is 15.3. The van der Waals surface area contributed by atoms with E-state index < -0.39 is 16.0 Å². The van der Waals surface area contributed by atoms with Crippen LogP contribution in [0.4, 0.5) is 0 Å². The van der Waals surface area contributed by atoms with E-state index in [4.69, 9.17) is 4.18 Å². The van der Waals surface area contributed by atoms with Crippen LogP contribution in [0.25, 0.3) is 6.08 Å². The summed E-state index contributed by atoms with van der Waals surface area (Å²) in [4.78, 5) is 19.2. The Morgan fingerprint density at radius 3 is 2.21 bits per heavy atom. The maximum Gasteiger partial charge on any atom is 0.306 e. The average molecular weight is 548 g/mol.